The number of alkyl halides is 1. The third-order valence-electron chi connectivity index (χ3n) is 2.74. The Morgan fingerprint density at radius 1 is 1.23 bits per heavy atom. The summed E-state index contributed by atoms with van der Waals surface area (Å²) < 4.78 is 0. The fourth-order valence-corrected chi connectivity index (χ4v) is 1.80. The lowest BCUT2D eigenvalue weighted by Crippen LogP contribution is -2.42. The van der Waals surface area contributed by atoms with Crippen LogP contribution in [0.2, 0.25) is 0 Å². The SMILES string of the molecule is CCC(CC)CNC(C)(C)CCCl. The molecule has 80 valence electrons. The second-order valence-electron chi connectivity index (χ2n) is 4.39. The lowest BCUT2D eigenvalue weighted by atomic mass is 9.98. The molecule has 0 heterocycles. The van der Waals surface area contributed by atoms with Gasteiger partial charge in [-0.05, 0) is 32.7 Å². The second kappa shape index (κ2) is 6.67. The maximum Gasteiger partial charge on any atom is 0.0240 e. The summed E-state index contributed by atoms with van der Waals surface area (Å²) in [5, 5.41) is 3.58. The standard InChI is InChI=1S/C11H24ClN/c1-5-10(6-2)9-13-11(3,4)7-8-12/h10,13H,5-9H2,1-4H3. The van der Waals surface area contributed by atoms with Crippen LogP contribution in [0.25, 0.3) is 0 Å². The Kier molecular flexibility index (Phi) is 6.79. The molecule has 0 rings (SSSR count). The molecule has 0 atom stereocenters. The van der Waals surface area contributed by atoms with Crippen molar-refractivity contribution in [2.24, 2.45) is 5.92 Å². The molecule has 0 radical (unpaired) electrons. The highest BCUT2D eigenvalue weighted by atomic mass is 35.5. The van der Waals surface area contributed by atoms with Crippen molar-refractivity contribution >= 4 is 11.6 Å². The zero-order valence-electron chi connectivity index (χ0n) is 9.49. The van der Waals surface area contributed by atoms with Crippen LogP contribution in [0.5, 0.6) is 0 Å². The summed E-state index contributed by atoms with van der Waals surface area (Å²) >= 11 is 5.73. The van der Waals surface area contributed by atoms with Crippen LogP contribution in [-0.4, -0.2) is 18.0 Å². The van der Waals surface area contributed by atoms with Gasteiger partial charge in [-0.1, -0.05) is 26.7 Å². The Balaban J connectivity index is 3.71. The molecule has 1 nitrogen and oxygen atoms in total. The lowest BCUT2D eigenvalue weighted by molar-refractivity contribution is 0.330. The number of hydrogen-bond acceptors (Lipinski definition) is 1. The fourth-order valence-electron chi connectivity index (χ4n) is 1.32. The summed E-state index contributed by atoms with van der Waals surface area (Å²) in [5.41, 5.74) is 0.199. The van der Waals surface area contributed by atoms with Crippen molar-refractivity contribution < 1.29 is 0 Å². The molecule has 0 bridgehead atoms. The minimum absolute atomic E-state index is 0.199. The molecular weight excluding hydrogens is 182 g/mol. The fraction of sp³-hybridized carbons (Fsp3) is 1.00. The van der Waals surface area contributed by atoms with E-state index in [0.29, 0.717) is 0 Å². The summed E-state index contributed by atoms with van der Waals surface area (Å²) in [6.07, 6.45) is 3.57. The predicted octanol–water partition coefficient (Wildman–Crippen LogP) is 3.42. The molecule has 0 aromatic heterocycles. The highest BCUT2D eigenvalue weighted by Crippen LogP contribution is 2.12. The van der Waals surface area contributed by atoms with Gasteiger partial charge in [0.1, 0.15) is 0 Å². The molecule has 0 unspecified atom stereocenters. The number of rotatable bonds is 7. The van der Waals surface area contributed by atoms with E-state index in [0.717, 1.165) is 24.8 Å². The van der Waals surface area contributed by atoms with Gasteiger partial charge < -0.3 is 5.32 Å². The molecule has 0 saturated carbocycles. The zero-order chi connectivity index (χ0) is 10.3. The van der Waals surface area contributed by atoms with Crippen LogP contribution in [0.3, 0.4) is 0 Å². The molecule has 0 aliphatic carbocycles. The van der Waals surface area contributed by atoms with E-state index in [1.54, 1.807) is 0 Å². The quantitative estimate of drug-likeness (QED) is 0.629. The molecule has 0 saturated heterocycles. The van der Waals surface area contributed by atoms with E-state index in [4.69, 9.17) is 11.6 Å². The summed E-state index contributed by atoms with van der Waals surface area (Å²) in [6.45, 7) is 10.1. The first-order chi connectivity index (χ1) is 6.05. The van der Waals surface area contributed by atoms with Gasteiger partial charge in [0.05, 0.1) is 0 Å². The molecule has 0 spiro atoms. The Hall–Kier alpha value is 0.250. The van der Waals surface area contributed by atoms with Crippen LogP contribution in [0.4, 0.5) is 0 Å². The Labute approximate surface area is 88.2 Å². The largest absolute Gasteiger partial charge is 0.311 e. The molecule has 0 aromatic carbocycles. The highest BCUT2D eigenvalue weighted by molar-refractivity contribution is 6.17. The molecule has 0 aromatic rings. The summed E-state index contributed by atoms with van der Waals surface area (Å²) in [6, 6.07) is 0. The third-order valence-corrected chi connectivity index (χ3v) is 2.93. The van der Waals surface area contributed by atoms with Gasteiger partial charge in [-0.3, -0.25) is 0 Å². The van der Waals surface area contributed by atoms with E-state index in [9.17, 15) is 0 Å². The highest BCUT2D eigenvalue weighted by Gasteiger charge is 2.16. The predicted molar refractivity (Wildman–Crippen MR) is 61.5 cm³/mol. The normalized spacial score (nSPS) is 12.5. The van der Waals surface area contributed by atoms with E-state index in [1.165, 1.54) is 12.8 Å². The summed E-state index contributed by atoms with van der Waals surface area (Å²) in [5.74, 6) is 1.55. The van der Waals surface area contributed by atoms with Gasteiger partial charge in [0.15, 0.2) is 0 Å². The first-order valence-electron chi connectivity index (χ1n) is 5.36. The molecular formula is C11H24ClN. The van der Waals surface area contributed by atoms with Gasteiger partial charge in [-0.15, -0.1) is 11.6 Å². The molecule has 0 amide bonds. The molecule has 2 heteroatoms. The maximum atomic E-state index is 5.73. The topological polar surface area (TPSA) is 12.0 Å². The van der Waals surface area contributed by atoms with Gasteiger partial charge in [0.2, 0.25) is 0 Å². The molecule has 0 aliphatic rings. The van der Waals surface area contributed by atoms with Crippen LogP contribution >= 0.6 is 11.6 Å². The monoisotopic (exact) mass is 205 g/mol. The van der Waals surface area contributed by atoms with Gasteiger partial charge in [-0.2, -0.15) is 0 Å². The zero-order valence-corrected chi connectivity index (χ0v) is 10.2. The Morgan fingerprint density at radius 2 is 1.77 bits per heavy atom. The summed E-state index contributed by atoms with van der Waals surface area (Å²) in [4.78, 5) is 0. The van der Waals surface area contributed by atoms with E-state index in [1.807, 2.05) is 0 Å². The van der Waals surface area contributed by atoms with E-state index in [-0.39, 0.29) is 5.54 Å². The van der Waals surface area contributed by atoms with Crippen molar-refractivity contribution in [2.75, 3.05) is 12.4 Å². The summed E-state index contributed by atoms with van der Waals surface area (Å²) in [7, 11) is 0. The van der Waals surface area contributed by atoms with Crippen LogP contribution in [0.15, 0.2) is 0 Å². The van der Waals surface area contributed by atoms with Crippen molar-refractivity contribution in [1.82, 2.24) is 5.32 Å². The lowest BCUT2D eigenvalue weighted by Gasteiger charge is -2.27. The Bertz CT molecular complexity index is 119. The van der Waals surface area contributed by atoms with Crippen molar-refractivity contribution in [3.05, 3.63) is 0 Å². The van der Waals surface area contributed by atoms with Crippen molar-refractivity contribution in [2.45, 2.75) is 52.5 Å². The van der Waals surface area contributed by atoms with Crippen LogP contribution in [0.1, 0.15) is 47.0 Å². The van der Waals surface area contributed by atoms with Crippen LogP contribution < -0.4 is 5.32 Å². The van der Waals surface area contributed by atoms with Crippen LogP contribution in [0, 0.1) is 5.92 Å². The number of halogens is 1. The average molecular weight is 206 g/mol. The maximum absolute atomic E-state index is 5.73. The van der Waals surface area contributed by atoms with Crippen LogP contribution in [-0.2, 0) is 0 Å². The third kappa shape index (κ3) is 6.34. The smallest absolute Gasteiger partial charge is 0.0240 e. The minimum Gasteiger partial charge on any atom is -0.311 e. The first kappa shape index (κ1) is 13.2. The number of nitrogens with one attached hydrogen (secondary N) is 1. The number of hydrogen-bond donors (Lipinski definition) is 1. The van der Waals surface area contributed by atoms with Crippen molar-refractivity contribution in [3.8, 4) is 0 Å². The molecule has 0 fully saturated rings. The van der Waals surface area contributed by atoms with Gasteiger partial charge >= 0.3 is 0 Å². The van der Waals surface area contributed by atoms with Gasteiger partial charge in [0, 0.05) is 11.4 Å². The molecule has 0 aliphatic heterocycles. The van der Waals surface area contributed by atoms with Gasteiger partial charge in [0.25, 0.3) is 0 Å². The van der Waals surface area contributed by atoms with E-state index < -0.39 is 0 Å². The molecule has 13 heavy (non-hydrogen) atoms. The first-order valence-corrected chi connectivity index (χ1v) is 5.90. The van der Waals surface area contributed by atoms with Gasteiger partial charge in [-0.25, -0.2) is 0 Å². The minimum atomic E-state index is 0.199. The van der Waals surface area contributed by atoms with Crippen molar-refractivity contribution in [1.29, 1.82) is 0 Å². The van der Waals surface area contributed by atoms with E-state index in [2.05, 4.69) is 33.0 Å². The van der Waals surface area contributed by atoms with E-state index >= 15 is 0 Å². The second-order valence-corrected chi connectivity index (χ2v) is 4.76. The van der Waals surface area contributed by atoms with Crippen molar-refractivity contribution in [3.63, 3.8) is 0 Å². The Morgan fingerprint density at radius 3 is 2.15 bits per heavy atom. The average Bonchev–Trinajstić information content (AvgIpc) is 2.06. The molecule has 1 N–H and O–H groups in total.